The van der Waals surface area contributed by atoms with Gasteiger partial charge in [0.1, 0.15) is 0 Å². The fourth-order valence-electron chi connectivity index (χ4n) is 2.26. The van der Waals surface area contributed by atoms with Gasteiger partial charge in [0.15, 0.2) is 11.7 Å². The summed E-state index contributed by atoms with van der Waals surface area (Å²) in [5, 5.41) is 7.78. The van der Waals surface area contributed by atoms with Crippen molar-refractivity contribution in [3.63, 3.8) is 0 Å². The molecule has 0 aliphatic carbocycles. The lowest BCUT2D eigenvalue weighted by atomic mass is 10.1. The molecule has 1 aromatic heterocycles. The van der Waals surface area contributed by atoms with Crippen molar-refractivity contribution in [2.75, 3.05) is 20.1 Å². The van der Waals surface area contributed by atoms with Gasteiger partial charge in [-0.25, -0.2) is 4.98 Å². The van der Waals surface area contributed by atoms with Crippen LogP contribution in [0.2, 0.25) is 0 Å². The van der Waals surface area contributed by atoms with E-state index in [0.717, 1.165) is 29.7 Å². The van der Waals surface area contributed by atoms with E-state index in [1.807, 2.05) is 6.07 Å². The number of rotatable bonds is 6. The van der Waals surface area contributed by atoms with Crippen LogP contribution in [0.1, 0.15) is 21.8 Å². The maximum atomic E-state index is 12.5. The van der Waals surface area contributed by atoms with Gasteiger partial charge in [-0.2, -0.15) is 13.2 Å². The highest BCUT2D eigenvalue weighted by Gasteiger charge is 2.33. The summed E-state index contributed by atoms with van der Waals surface area (Å²) in [4.78, 5) is 7.72. The van der Waals surface area contributed by atoms with Gasteiger partial charge >= 0.3 is 6.18 Å². The van der Waals surface area contributed by atoms with Crippen LogP contribution in [0.5, 0.6) is 0 Å². The molecule has 0 radical (unpaired) electrons. The second kappa shape index (κ2) is 10.7. The Kier molecular flexibility index (Phi) is 9.34. The predicted molar refractivity (Wildman–Crippen MR) is 110 cm³/mol. The average molecular weight is 498 g/mol. The van der Waals surface area contributed by atoms with Crippen molar-refractivity contribution >= 4 is 41.3 Å². The number of aromatic nitrogens is 1. The molecule has 9 heteroatoms. The van der Waals surface area contributed by atoms with E-state index in [1.54, 1.807) is 7.05 Å². The van der Waals surface area contributed by atoms with Gasteiger partial charge in [0.05, 0.1) is 5.01 Å². The van der Waals surface area contributed by atoms with Gasteiger partial charge < -0.3 is 10.6 Å². The normalized spacial score (nSPS) is 11.8. The molecule has 2 rings (SSSR count). The number of guanidine groups is 1. The van der Waals surface area contributed by atoms with Gasteiger partial charge in [-0.3, -0.25) is 4.99 Å². The smallest absolute Gasteiger partial charge is 0.356 e. The molecule has 144 valence electrons. The van der Waals surface area contributed by atoms with Gasteiger partial charge in [-0.05, 0) is 18.9 Å². The Hall–Kier alpha value is -1.36. The summed E-state index contributed by atoms with van der Waals surface area (Å²) in [5.41, 5.74) is 1.64. The second-order valence-electron chi connectivity index (χ2n) is 5.54. The van der Waals surface area contributed by atoms with E-state index < -0.39 is 11.9 Å². The first-order valence-electron chi connectivity index (χ1n) is 7.90. The van der Waals surface area contributed by atoms with E-state index >= 15 is 0 Å². The Morgan fingerprint density at radius 3 is 2.46 bits per heavy atom. The van der Waals surface area contributed by atoms with E-state index in [4.69, 9.17) is 0 Å². The standard InChI is InChI=1S/C17H21F3N4S.HI/c1-12-4-3-5-13(10-12)6-8-22-16(21-2)23-9-7-15-24-14(11-25-15)17(18,19)20;/h3-5,10-11H,6-9H2,1-2H3,(H2,21,22,23);1H. The zero-order valence-electron chi connectivity index (χ0n) is 14.6. The van der Waals surface area contributed by atoms with Gasteiger partial charge in [0.2, 0.25) is 0 Å². The Labute approximate surface area is 172 Å². The van der Waals surface area contributed by atoms with Crippen molar-refractivity contribution in [3.8, 4) is 0 Å². The summed E-state index contributed by atoms with van der Waals surface area (Å²) in [7, 11) is 1.66. The molecule has 4 nitrogen and oxygen atoms in total. The molecule has 0 bridgehead atoms. The van der Waals surface area contributed by atoms with Gasteiger partial charge in [0, 0.05) is 31.9 Å². The van der Waals surface area contributed by atoms with Crippen LogP contribution >= 0.6 is 35.3 Å². The minimum Gasteiger partial charge on any atom is -0.356 e. The van der Waals surface area contributed by atoms with Crippen molar-refractivity contribution in [1.82, 2.24) is 15.6 Å². The Bertz CT molecular complexity index is 716. The third kappa shape index (κ3) is 7.48. The fourth-order valence-corrected chi connectivity index (χ4v) is 3.06. The molecule has 0 atom stereocenters. The number of halogens is 4. The predicted octanol–water partition coefficient (Wildman–Crippen LogP) is 4.04. The Morgan fingerprint density at radius 2 is 1.88 bits per heavy atom. The maximum absolute atomic E-state index is 12.5. The fraction of sp³-hybridized carbons (Fsp3) is 0.412. The molecular formula is C17H22F3IN4S. The first-order chi connectivity index (χ1) is 11.9. The van der Waals surface area contributed by atoms with Crippen LogP contribution in [-0.4, -0.2) is 31.1 Å². The molecule has 26 heavy (non-hydrogen) atoms. The zero-order valence-corrected chi connectivity index (χ0v) is 17.7. The topological polar surface area (TPSA) is 49.3 Å². The monoisotopic (exact) mass is 498 g/mol. The molecule has 0 aliphatic heterocycles. The van der Waals surface area contributed by atoms with Crippen LogP contribution < -0.4 is 10.6 Å². The summed E-state index contributed by atoms with van der Waals surface area (Å²) in [5.74, 6) is 0.625. The third-order valence-corrected chi connectivity index (χ3v) is 4.39. The number of hydrogen-bond donors (Lipinski definition) is 2. The lowest BCUT2D eigenvalue weighted by Gasteiger charge is -2.11. The second-order valence-corrected chi connectivity index (χ2v) is 6.48. The highest BCUT2D eigenvalue weighted by atomic mass is 127. The number of aliphatic imine (C=N–C) groups is 1. The molecule has 0 saturated carbocycles. The average Bonchev–Trinajstić information content (AvgIpc) is 3.02. The lowest BCUT2D eigenvalue weighted by Crippen LogP contribution is -2.39. The van der Waals surface area contributed by atoms with E-state index in [1.165, 1.54) is 11.1 Å². The SMILES string of the molecule is CN=C(NCCc1cccc(C)c1)NCCc1nc(C(F)(F)F)cs1.I. The molecule has 0 fully saturated rings. The highest BCUT2D eigenvalue weighted by Crippen LogP contribution is 2.29. The summed E-state index contributed by atoms with van der Waals surface area (Å²) in [6.07, 6.45) is -3.10. The first kappa shape index (κ1) is 22.7. The quantitative estimate of drug-likeness (QED) is 0.359. The minimum atomic E-state index is -4.38. The molecule has 0 unspecified atom stereocenters. The molecule has 0 spiro atoms. The molecule has 1 aromatic carbocycles. The Balaban J connectivity index is 0.00000338. The molecule has 2 aromatic rings. The van der Waals surface area contributed by atoms with Crippen LogP contribution in [0.4, 0.5) is 13.2 Å². The van der Waals surface area contributed by atoms with Gasteiger partial charge in [-0.15, -0.1) is 35.3 Å². The maximum Gasteiger partial charge on any atom is 0.434 e. The molecule has 1 heterocycles. The largest absolute Gasteiger partial charge is 0.434 e. The van der Waals surface area contributed by atoms with Crippen LogP contribution in [0.3, 0.4) is 0 Å². The highest BCUT2D eigenvalue weighted by molar-refractivity contribution is 14.0. The number of thiazole rings is 1. The number of nitrogens with zero attached hydrogens (tertiary/aromatic N) is 2. The molecule has 0 aliphatic rings. The molecule has 0 amide bonds. The molecule has 0 saturated heterocycles. The van der Waals surface area contributed by atoms with Crippen molar-refractivity contribution < 1.29 is 13.2 Å². The minimum absolute atomic E-state index is 0. The van der Waals surface area contributed by atoms with Crippen LogP contribution in [0, 0.1) is 6.92 Å². The summed E-state index contributed by atoms with van der Waals surface area (Å²) < 4.78 is 37.5. The van der Waals surface area contributed by atoms with Crippen LogP contribution in [0.25, 0.3) is 0 Å². The summed E-state index contributed by atoms with van der Waals surface area (Å²) in [6, 6.07) is 8.30. The van der Waals surface area contributed by atoms with E-state index in [9.17, 15) is 13.2 Å². The van der Waals surface area contributed by atoms with Crippen LogP contribution in [-0.2, 0) is 19.0 Å². The summed E-state index contributed by atoms with van der Waals surface area (Å²) >= 11 is 1.02. The number of hydrogen-bond acceptors (Lipinski definition) is 3. The number of alkyl halides is 3. The van der Waals surface area contributed by atoms with Crippen LogP contribution in [0.15, 0.2) is 34.6 Å². The Morgan fingerprint density at radius 1 is 1.19 bits per heavy atom. The van der Waals surface area contributed by atoms with Gasteiger partial charge in [0.25, 0.3) is 0 Å². The number of benzene rings is 1. The number of nitrogens with one attached hydrogen (secondary N) is 2. The van der Waals surface area contributed by atoms with E-state index in [2.05, 4.69) is 45.7 Å². The third-order valence-electron chi connectivity index (χ3n) is 3.49. The van der Waals surface area contributed by atoms with Crippen molar-refractivity contribution in [2.45, 2.75) is 25.9 Å². The molecule has 2 N–H and O–H groups in total. The van der Waals surface area contributed by atoms with Crippen molar-refractivity contribution in [3.05, 3.63) is 51.5 Å². The van der Waals surface area contributed by atoms with Gasteiger partial charge in [-0.1, -0.05) is 29.8 Å². The lowest BCUT2D eigenvalue weighted by molar-refractivity contribution is -0.140. The zero-order chi connectivity index (χ0) is 18.3. The summed E-state index contributed by atoms with van der Waals surface area (Å²) in [6.45, 7) is 3.24. The van der Waals surface area contributed by atoms with Crippen molar-refractivity contribution in [1.29, 1.82) is 0 Å². The first-order valence-corrected chi connectivity index (χ1v) is 8.78. The van der Waals surface area contributed by atoms with E-state index in [0.29, 0.717) is 23.9 Å². The van der Waals surface area contributed by atoms with Crippen molar-refractivity contribution in [2.24, 2.45) is 4.99 Å². The number of aryl methyl sites for hydroxylation is 1. The molecular weight excluding hydrogens is 476 g/mol. The van der Waals surface area contributed by atoms with E-state index in [-0.39, 0.29) is 24.0 Å².